The van der Waals surface area contributed by atoms with E-state index in [4.69, 9.17) is 0 Å². The van der Waals surface area contributed by atoms with Gasteiger partial charge in [-0.25, -0.2) is 4.98 Å². The zero-order chi connectivity index (χ0) is 11.5. The van der Waals surface area contributed by atoms with Crippen molar-refractivity contribution in [3.05, 3.63) is 16.6 Å². The first kappa shape index (κ1) is 11.2. The molecule has 1 N–H and O–H groups in total. The zero-order valence-corrected chi connectivity index (χ0v) is 9.79. The van der Waals surface area contributed by atoms with E-state index in [0.717, 1.165) is 5.69 Å². The molecule has 2 heterocycles. The summed E-state index contributed by atoms with van der Waals surface area (Å²) in [4.78, 5) is 28.6. The maximum absolute atomic E-state index is 11.7. The molecule has 86 valence electrons. The molecule has 0 radical (unpaired) electrons. The number of thiazole rings is 1. The van der Waals surface area contributed by atoms with E-state index in [9.17, 15) is 9.59 Å². The van der Waals surface area contributed by atoms with E-state index in [-0.39, 0.29) is 24.3 Å². The molecule has 16 heavy (non-hydrogen) atoms. The topological polar surface area (TPSA) is 62.3 Å². The van der Waals surface area contributed by atoms with Crippen LogP contribution in [0.1, 0.15) is 19.0 Å². The number of hydrogen-bond donors (Lipinski definition) is 1. The summed E-state index contributed by atoms with van der Waals surface area (Å²) in [6.07, 6.45) is 0.261. The second-order valence-electron chi connectivity index (χ2n) is 3.59. The van der Waals surface area contributed by atoms with Gasteiger partial charge in [-0.2, -0.15) is 0 Å². The van der Waals surface area contributed by atoms with E-state index in [1.165, 1.54) is 16.2 Å². The molecule has 1 saturated heterocycles. The Labute approximate surface area is 97.5 Å². The normalized spacial score (nSPS) is 20.8. The number of carbonyl (C=O) groups excluding carboxylic acids is 2. The van der Waals surface area contributed by atoms with Gasteiger partial charge in [-0.1, -0.05) is 0 Å². The minimum atomic E-state index is -0.380. The number of amides is 2. The molecule has 1 aromatic rings. The standard InChI is InChI=1S/C10H13N3O2S/c1-2-13-9(14)3-8(10(13)15)11-4-7-5-16-6-12-7/h5-6,8,11H,2-4H2,1H3. The first-order valence-corrected chi connectivity index (χ1v) is 6.11. The van der Waals surface area contributed by atoms with Gasteiger partial charge in [0.2, 0.25) is 11.8 Å². The minimum Gasteiger partial charge on any atom is -0.300 e. The van der Waals surface area contributed by atoms with Crippen molar-refractivity contribution >= 4 is 23.2 Å². The summed E-state index contributed by atoms with van der Waals surface area (Å²) in [6, 6.07) is -0.380. The first-order valence-electron chi connectivity index (χ1n) is 5.17. The molecule has 0 spiro atoms. The number of likely N-dealkylation sites (N-methyl/N-ethyl adjacent to an activating group) is 1. The van der Waals surface area contributed by atoms with Gasteiger partial charge in [0.1, 0.15) is 0 Å². The molecule has 5 nitrogen and oxygen atoms in total. The number of aromatic nitrogens is 1. The van der Waals surface area contributed by atoms with Crippen LogP contribution in [0, 0.1) is 0 Å². The molecule has 6 heteroatoms. The molecule has 1 aliphatic heterocycles. The summed E-state index contributed by atoms with van der Waals surface area (Å²) in [5.74, 6) is -0.217. The fourth-order valence-electron chi connectivity index (χ4n) is 1.73. The lowest BCUT2D eigenvalue weighted by molar-refractivity contribution is -0.138. The van der Waals surface area contributed by atoms with Gasteiger partial charge < -0.3 is 0 Å². The van der Waals surface area contributed by atoms with Gasteiger partial charge in [0.25, 0.3) is 0 Å². The molecular formula is C10H13N3O2S. The Morgan fingerprint density at radius 2 is 2.44 bits per heavy atom. The fraction of sp³-hybridized carbons (Fsp3) is 0.500. The average molecular weight is 239 g/mol. The molecule has 0 aliphatic carbocycles. The Kier molecular flexibility index (Phi) is 3.31. The van der Waals surface area contributed by atoms with Gasteiger partial charge >= 0.3 is 0 Å². The molecule has 1 atom stereocenters. The van der Waals surface area contributed by atoms with Crippen LogP contribution in [0.2, 0.25) is 0 Å². The quantitative estimate of drug-likeness (QED) is 0.772. The molecule has 2 rings (SSSR count). The van der Waals surface area contributed by atoms with Gasteiger partial charge in [-0.3, -0.25) is 19.8 Å². The van der Waals surface area contributed by atoms with Gasteiger partial charge in [0.15, 0.2) is 0 Å². The van der Waals surface area contributed by atoms with E-state index in [1.807, 2.05) is 5.38 Å². The number of likely N-dealkylation sites (tertiary alicyclic amines) is 1. The van der Waals surface area contributed by atoms with E-state index >= 15 is 0 Å². The van der Waals surface area contributed by atoms with Gasteiger partial charge in [0, 0.05) is 18.5 Å². The summed E-state index contributed by atoms with van der Waals surface area (Å²) in [6.45, 7) is 2.79. The average Bonchev–Trinajstić information content (AvgIpc) is 2.85. The number of rotatable bonds is 4. The van der Waals surface area contributed by atoms with Gasteiger partial charge in [-0.15, -0.1) is 11.3 Å². The van der Waals surface area contributed by atoms with Crippen LogP contribution in [0.25, 0.3) is 0 Å². The highest BCUT2D eigenvalue weighted by atomic mass is 32.1. The van der Waals surface area contributed by atoms with Crippen molar-refractivity contribution < 1.29 is 9.59 Å². The largest absolute Gasteiger partial charge is 0.300 e. The van der Waals surface area contributed by atoms with Crippen LogP contribution in [-0.4, -0.2) is 34.3 Å². The predicted octanol–water partition coefficient (Wildman–Crippen LogP) is 0.380. The van der Waals surface area contributed by atoms with Crippen LogP contribution in [0.4, 0.5) is 0 Å². The monoisotopic (exact) mass is 239 g/mol. The zero-order valence-electron chi connectivity index (χ0n) is 8.97. The maximum Gasteiger partial charge on any atom is 0.246 e. The lowest BCUT2D eigenvalue weighted by atomic mass is 10.2. The number of carbonyl (C=O) groups is 2. The molecule has 1 fully saturated rings. The third kappa shape index (κ3) is 2.12. The van der Waals surface area contributed by atoms with Crippen LogP contribution < -0.4 is 5.32 Å². The Morgan fingerprint density at radius 3 is 3.00 bits per heavy atom. The molecule has 1 aromatic heterocycles. The molecule has 1 aliphatic rings. The van der Waals surface area contributed by atoms with Crippen LogP contribution in [0.15, 0.2) is 10.9 Å². The summed E-state index contributed by atoms with van der Waals surface area (Å²) in [5.41, 5.74) is 2.65. The smallest absolute Gasteiger partial charge is 0.246 e. The first-order chi connectivity index (χ1) is 7.72. The molecule has 2 amide bonds. The van der Waals surface area contributed by atoms with Crippen molar-refractivity contribution in [3.8, 4) is 0 Å². The third-order valence-electron chi connectivity index (χ3n) is 2.57. The second-order valence-corrected chi connectivity index (χ2v) is 4.31. The second kappa shape index (κ2) is 4.71. The molecular weight excluding hydrogens is 226 g/mol. The van der Waals surface area contributed by atoms with Crippen molar-refractivity contribution in [3.63, 3.8) is 0 Å². The lowest BCUT2D eigenvalue weighted by Crippen LogP contribution is -2.38. The van der Waals surface area contributed by atoms with Gasteiger partial charge in [0.05, 0.1) is 23.7 Å². The summed E-state index contributed by atoms with van der Waals surface area (Å²) in [5, 5.41) is 4.98. The van der Waals surface area contributed by atoms with Crippen molar-refractivity contribution in [2.24, 2.45) is 0 Å². The fourth-order valence-corrected chi connectivity index (χ4v) is 2.29. The van der Waals surface area contributed by atoms with E-state index in [0.29, 0.717) is 13.1 Å². The van der Waals surface area contributed by atoms with Crippen LogP contribution in [0.5, 0.6) is 0 Å². The number of nitrogens with zero attached hydrogens (tertiary/aromatic N) is 2. The van der Waals surface area contributed by atoms with E-state index in [2.05, 4.69) is 10.3 Å². The predicted molar refractivity (Wildman–Crippen MR) is 59.8 cm³/mol. The highest BCUT2D eigenvalue weighted by molar-refractivity contribution is 7.07. The molecule has 0 saturated carbocycles. The Bertz CT molecular complexity index is 391. The van der Waals surface area contributed by atoms with Crippen LogP contribution in [-0.2, 0) is 16.1 Å². The molecule has 1 unspecified atom stereocenters. The van der Waals surface area contributed by atoms with Crippen molar-refractivity contribution in [2.45, 2.75) is 25.9 Å². The SMILES string of the molecule is CCN1C(=O)CC(NCc2cscn2)C1=O. The van der Waals surface area contributed by atoms with Gasteiger partial charge in [-0.05, 0) is 6.92 Å². The summed E-state index contributed by atoms with van der Waals surface area (Å²) >= 11 is 1.52. The van der Waals surface area contributed by atoms with Crippen molar-refractivity contribution in [2.75, 3.05) is 6.54 Å². The summed E-state index contributed by atoms with van der Waals surface area (Å²) < 4.78 is 0. The van der Waals surface area contributed by atoms with E-state index < -0.39 is 0 Å². The highest BCUT2D eigenvalue weighted by Crippen LogP contribution is 2.13. The number of hydrogen-bond acceptors (Lipinski definition) is 5. The third-order valence-corrected chi connectivity index (χ3v) is 3.21. The summed E-state index contributed by atoms with van der Waals surface area (Å²) in [7, 11) is 0. The number of imide groups is 1. The minimum absolute atomic E-state index is 0.0942. The van der Waals surface area contributed by atoms with Crippen LogP contribution in [0.3, 0.4) is 0 Å². The van der Waals surface area contributed by atoms with E-state index in [1.54, 1.807) is 12.4 Å². The van der Waals surface area contributed by atoms with Crippen molar-refractivity contribution in [1.29, 1.82) is 0 Å². The highest BCUT2D eigenvalue weighted by Gasteiger charge is 2.36. The Balaban J connectivity index is 1.92. The molecule has 0 bridgehead atoms. The lowest BCUT2D eigenvalue weighted by Gasteiger charge is -2.12. The Morgan fingerprint density at radius 1 is 1.62 bits per heavy atom. The number of nitrogens with one attached hydrogen (secondary N) is 1. The molecule has 0 aromatic carbocycles. The maximum atomic E-state index is 11.7. The van der Waals surface area contributed by atoms with Crippen LogP contribution >= 0.6 is 11.3 Å². The van der Waals surface area contributed by atoms with Crippen molar-refractivity contribution in [1.82, 2.24) is 15.2 Å². The Hall–Kier alpha value is -1.27.